The summed E-state index contributed by atoms with van der Waals surface area (Å²) in [6.45, 7) is 3.30. The number of carbonyl (C=O) groups excluding carboxylic acids is 6. The Hall–Kier alpha value is -4.92. The highest BCUT2D eigenvalue weighted by molar-refractivity contribution is 6.02. The van der Waals surface area contributed by atoms with Crippen LogP contribution in [-0.2, 0) is 95.1 Å². The van der Waals surface area contributed by atoms with E-state index < -0.39 is 365 Å². The number of methoxy groups -OCH3 is 1. The summed E-state index contributed by atoms with van der Waals surface area (Å²) >= 11 is 0. The van der Waals surface area contributed by atoms with E-state index in [9.17, 15) is 141 Å². The first-order chi connectivity index (χ1) is 61.0. The largest absolute Gasteiger partial charge is 0.465 e. The lowest BCUT2D eigenvalue weighted by molar-refractivity contribution is -0.346. The summed E-state index contributed by atoms with van der Waals surface area (Å²) in [5.41, 5.74) is -11.1. The second-order valence-electron chi connectivity index (χ2n) is 38.3. The molecule has 0 aromatic carbocycles. The van der Waals surface area contributed by atoms with Crippen molar-refractivity contribution >= 4 is 35.1 Å². The van der Waals surface area contributed by atoms with Gasteiger partial charge in [-0.05, 0) is 113 Å². The Labute approximate surface area is 766 Å². The van der Waals surface area contributed by atoms with Gasteiger partial charge in [0.1, 0.15) is 164 Å². The molecule has 6 heterocycles. The smallest absolute Gasteiger partial charge is 0.306 e. The maximum absolute atomic E-state index is 17.7. The van der Waals surface area contributed by atoms with Gasteiger partial charge in [0.25, 0.3) is 0 Å². The number of Topliss-reactive ketones (excluding diaryl/α,β-unsaturated/α-hetero) is 2. The van der Waals surface area contributed by atoms with Crippen LogP contribution in [-0.4, -0.2) is 427 Å². The second kappa shape index (κ2) is 42.9. The predicted molar refractivity (Wildman–Crippen MR) is 444 cm³/mol. The number of hydrogen-bond donors (Lipinski definition) is 22. The fourth-order valence-electron chi connectivity index (χ4n) is 23.4. The summed E-state index contributed by atoms with van der Waals surface area (Å²) in [5, 5.41) is 238. The van der Waals surface area contributed by atoms with E-state index >= 15 is 8.78 Å². The Kier molecular flexibility index (Phi) is 35.5. The fraction of sp³-hybridized carbons (Fsp3) is 0.843. The monoisotopic (exact) mass is 1920 g/mol. The predicted octanol–water partition coefficient (Wildman–Crippen LogP) is -5.92. The number of ether oxygens (including phenoxy) is 14. The van der Waals surface area contributed by atoms with E-state index in [2.05, 4.69) is 0 Å². The van der Waals surface area contributed by atoms with E-state index in [1.807, 2.05) is 0 Å². The maximum atomic E-state index is 17.7. The minimum absolute atomic E-state index is 0. The molecule has 0 aromatic heterocycles. The average Bonchev–Trinajstić information content (AvgIpc) is 1.56. The highest BCUT2D eigenvalue weighted by Crippen LogP contribution is 2.72. The third kappa shape index (κ3) is 19.7. The molecular weight excluding hydrogens is 1780 g/mol. The molecular formula is C89H138F2O42. The molecule has 0 aromatic rings. The summed E-state index contributed by atoms with van der Waals surface area (Å²) < 4.78 is 112. The zero-order valence-corrected chi connectivity index (χ0v) is 72.7. The highest BCUT2D eigenvalue weighted by Gasteiger charge is 2.77. The Morgan fingerprint density at radius 2 is 0.835 bits per heavy atom. The Morgan fingerprint density at radius 1 is 0.436 bits per heavy atom. The number of halogens is 2. The molecule has 14 aliphatic rings. The molecule has 0 amide bonds. The first-order valence-electron chi connectivity index (χ1n) is 44.2. The van der Waals surface area contributed by atoms with Crippen LogP contribution < -0.4 is 0 Å². The minimum Gasteiger partial charge on any atom is -0.465 e. The zero-order chi connectivity index (χ0) is 95.2. The molecule has 6 saturated heterocycles. The van der Waals surface area contributed by atoms with Gasteiger partial charge in [0.2, 0.25) is 5.78 Å². The third-order valence-corrected chi connectivity index (χ3v) is 31.0. The van der Waals surface area contributed by atoms with Crippen LogP contribution in [0.25, 0.3) is 0 Å². The lowest BCUT2D eigenvalue weighted by Gasteiger charge is -2.62. The van der Waals surface area contributed by atoms with Crippen molar-refractivity contribution in [1.29, 1.82) is 0 Å². The van der Waals surface area contributed by atoms with Gasteiger partial charge in [-0.15, -0.1) is 0 Å². The van der Waals surface area contributed by atoms with Crippen LogP contribution in [0.3, 0.4) is 0 Å². The molecule has 8 aliphatic carbocycles. The zero-order valence-electron chi connectivity index (χ0n) is 72.7. The fourth-order valence-corrected chi connectivity index (χ4v) is 23.4. The molecule has 22 N–H and O–H groups in total. The first-order valence-corrected chi connectivity index (χ1v) is 44.2. The van der Waals surface area contributed by atoms with Gasteiger partial charge in [0.05, 0.1) is 82.8 Å². The summed E-state index contributed by atoms with van der Waals surface area (Å²) in [7, 11) is 1.29. The van der Waals surface area contributed by atoms with E-state index in [4.69, 9.17) is 66.3 Å². The number of aliphatic hydroxyl groups is 22. The van der Waals surface area contributed by atoms with Gasteiger partial charge in [0.15, 0.2) is 61.1 Å². The van der Waals surface area contributed by atoms with Gasteiger partial charge < -0.3 is 179 Å². The van der Waals surface area contributed by atoms with Crippen LogP contribution in [0.2, 0.25) is 0 Å². The van der Waals surface area contributed by atoms with Crippen LogP contribution in [0, 0.1) is 63.6 Å². The molecule has 133 heavy (non-hydrogen) atoms. The summed E-state index contributed by atoms with van der Waals surface area (Å²) in [4.78, 5) is 78.4. The highest BCUT2D eigenvalue weighted by atomic mass is 19.1. The van der Waals surface area contributed by atoms with Crippen LogP contribution in [0.1, 0.15) is 128 Å². The summed E-state index contributed by atoms with van der Waals surface area (Å²) in [6, 6.07) is 0. The molecule has 0 radical (unpaired) electrons. The van der Waals surface area contributed by atoms with Gasteiger partial charge in [0, 0.05) is 41.1 Å². The number of alkyl halides is 2. The van der Waals surface area contributed by atoms with E-state index in [0.29, 0.717) is 36.8 Å². The van der Waals surface area contributed by atoms with E-state index in [0.717, 1.165) is 0 Å². The topological polar surface area (TPSA) is 677 Å². The molecule has 0 bridgehead atoms. The number of esters is 2. The number of ketones is 4. The van der Waals surface area contributed by atoms with Gasteiger partial charge in [-0.3, -0.25) is 28.8 Å². The van der Waals surface area contributed by atoms with Crippen LogP contribution in [0.5, 0.6) is 0 Å². The van der Waals surface area contributed by atoms with Crippen LogP contribution >= 0.6 is 0 Å². The normalized spacial score (nSPS) is 49.1. The molecule has 40 unspecified atom stereocenters. The maximum Gasteiger partial charge on any atom is 0.306 e. The van der Waals surface area contributed by atoms with Crippen molar-refractivity contribution in [3.63, 3.8) is 0 Å². The van der Waals surface area contributed by atoms with E-state index in [1.54, 1.807) is 34.6 Å². The number of hydrogen-bond acceptors (Lipinski definition) is 42. The quantitative estimate of drug-likeness (QED) is 0.0341. The van der Waals surface area contributed by atoms with Crippen molar-refractivity contribution in [2.45, 2.75) is 341 Å². The van der Waals surface area contributed by atoms with E-state index in [-0.39, 0.29) is 66.1 Å². The number of aliphatic hydroxyl groups excluding tert-OH is 20. The molecule has 44 heteroatoms. The average molecular weight is 1920 g/mol. The van der Waals surface area contributed by atoms with Crippen molar-refractivity contribution < 1.29 is 216 Å². The van der Waals surface area contributed by atoms with Crippen LogP contribution in [0.15, 0.2) is 47.6 Å². The van der Waals surface area contributed by atoms with Crippen molar-refractivity contribution in [2.24, 2.45) is 63.6 Å². The summed E-state index contributed by atoms with van der Waals surface area (Å²) in [5.74, 6) is -10.6. The van der Waals surface area contributed by atoms with Crippen LogP contribution in [0.4, 0.5) is 8.78 Å². The van der Waals surface area contributed by atoms with Crippen molar-refractivity contribution in [2.75, 3.05) is 66.6 Å². The number of carbonyl (C=O) groups is 6. The molecule has 0 spiro atoms. The Balaban J connectivity index is 0.000000372. The molecule has 760 valence electrons. The minimum atomic E-state index is -2.24. The standard InChI is InChI=1S/C59H89FO32.C27H37FO10.3CH4/c1-22-12-28-27-7-6-24-13-25(61)10-11-56(24,3)58(27,60)34(62)14-57(28,4)59(22,80)35(63)21-83-37(65)9-8-36(64)82-15-26-39(67)40(68)31(19-86-55-51(79)48(76)44(72)33(92-55)20-87-53-49(77)46(74)41(69)29(90-53)16-81-5)89-52(26)84-18-32-43(71)47(75)50(78)54(91-32)85-17-30-42(70)45(73)38(66)23(2)88-30;1-12-7-17-16-5-3-13-8-14(30)4-6-15(13)26(16,28)19(31)9-25(17,2)27(12,36)20(32)11-37-24-23(35)22(34)21(33)18(10-29)38-24;;;/h10-11,13,22-23,26-34,38-55,62,66-80H,6-9,12,14-21H2,1-5H3;4,6,8,12,15-19,21-24,29,31,33-36H,3,5,7,9-11H2,1-2H3;3*1H4/t22-,23?,26?,27?,28?,29?,30?,31?,32?,33?,34?,38?,39?,40?,41?,42?,43?,44?,45?,46?,47?,48?,49?,50?,51?,52?,53?,54?,55?,56?,57?,58+,59+;12-,15?,16?,17?,18?,19?,21?,22?,23?,24?,25?,26+,27+;;;/m11.../s1. The molecule has 12 fully saturated rings. The molecule has 6 aliphatic heterocycles. The van der Waals surface area contributed by atoms with Crippen molar-refractivity contribution in [3.8, 4) is 0 Å². The third-order valence-electron chi connectivity index (χ3n) is 31.0. The van der Waals surface area contributed by atoms with Crippen molar-refractivity contribution in [3.05, 3.63) is 47.6 Å². The summed E-state index contributed by atoms with van der Waals surface area (Å²) in [6.07, 6.45) is -43.6. The molecule has 14 rings (SSSR count). The molecule has 46 atom stereocenters. The lowest BCUT2D eigenvalue weighted by atomic mass is 9.44. The lowest BCUT2D eigenvalue weighted by Crippen LogP contribution is -2.69. The van der Waals surface area contributed by atoms with Crippen molar-refractivity contribution in [1.82, 2.24) is 0 Å². The van der Waals surface area contributed by atoms with Gasteiger partial charge in [-0.25, -0.2) is 8.78 Å². The molecule has 42 nitrogen and oxygen atoms in total. The van der Waals surface area contributed by atoms with Gasteiger partial charge in [-0.2, -0.15) is 0 Å². The SMILES string of the molecule is C.C.C.COCC1OC(OCC2OC(OCC3OC(OCC4OC(OCC5OC(C)C(O)C(O)C5O)C(O)C(O)C4O)C(COC(=O)CCC(=O)OCC(=O)[C@@]4(O)[C@H](C)CC5C6CCC7=CC(=O)C=CC7(C)[C@@]6(F)C(O)CC54C)C(O)C3O)C(O)C(O)C2O)C(O)C(O)C1O.C[C@@H]1CC2C3CCC4=CC(=O)C=CC4[C@@]3(F)C(O)CC2(C)[C@@]1(O)C(=O)COC1OC(CO)C(O)C(O)C1O. The molecule has 6 saturated carbocycles. The Bertz CT molecular complexity index is 4150. The second-order valence-corrected chi connectivity index (χ2v) is 38.3. The number of allylic oxidation sites excluding steroid dienone is 8. The first kappa shape index (κ1) is 110. The number of rotatable bonds is 27. The van der Waals surface area contributed by atoms with Gasteiger partial charge in [-0.1, -0.05) is 73.3 Å². The number of fused-ring (bicyclic) bond motifs is 10. The Morgan fingerprint density at radius 3 is 1.33 bits per heavy atom. The van der Waals surface area contributed by atoms with Gasteiger partial charge >= 0.3 is 11.9 Å². The van der Waals surface area contributed by atoms with E-state index in [1.165, 1.54) is 50.5 Å².